The fourth-order valence-electron chi connectivity index (χ4n) is 4.43. The van der Waals surface area contributed by atoms with Crippen molar-refractivity contribution >= 4 is 39.4 Å². The molecule has 5 aromatic rings. The molecule has 0 aliphatic carbocycles. The van der Waals surface area contributed by atoms with Gasteiger partial charge in [0, 0.05) is 22.4 Å². The van der Waals surface area contributed by atoms with E-state index < -0.39 is 17.4 Å². The van der Waals surface area contributed by atoms with Crippen LogP contribution in [0.25, 0.3) is 33.1 Å². The maximum Gasteiger partial charge on any atom is 0.340 e. The van der Waals surface area contributed by atoms with Gasteiger partial charge in [-0.3, -0.25) is 9.59 Å². The molecule has 0 saturated heterocycles. The van der Waals surface area contributed by atoms with Crippen molar-refractivity contribution in [2.24, 2.45) is 5.73 Å². The van der Waals surface area contributed by atoms with Crippen LogP contribution in [-0.4, -0.2) is 11.8 Å². The van der Waals surface area contributed by atoms with Gasteiger partial charge in [-0.05, 0) is 43.2 Å². The van der Waals surface area contributed by atoms with Crippen molar-refractivity contribution in [2.45, 2.75) is 20.3 Å². The average Bonchev–Trinajstić information content (AvgIpc) is 3.16. The van der Waals surface area contributed by atoms with Gasteiger partial charge in [-0.15, -0.1) is 0 Å². The van der Waals surface area contributed by atoms with Crippen molar-refractivity contribution in [1.29, 1.82) is 0 Å². The van der Waals surface area contributed by atoms with E-state index in [4.69, 9.17) is 14.6 Å². The first-order chi connectivity index (χ1) is 16.8. The highest BCUT2D eigenvalue weighted by Gasteiger charge is 2.20. The van der Waals surface area contributed by atoms with Crippen LogP contribution >= 0.6 is 0 Å². The summed E-state index contributed by atoms with van der Waals surface area (Å²) in [4.78, 5) is 37.2. The number of anilines is 1. The van der Waals surface area contributed by atoms with Gasteiger partial charge in [-0.1, -0.05) is 42.5 Å². The normalized spacial score (nSPS) is 11.1. The maximum atomic E-state index is 12.8. The number of hydrogen-bond donors (Lipinski definition) is 2. The minimum absolute atomic E-state index is 0.189. The highest BCUT2D eigenvalue weighted by molar-refractivity contribution is 6.05. The summed E-state index contributed by atoms with van der Waals surface area (Å²) in [5.41, 5.74) is 9.15. The molecule has 2 amide bonds. The number of nitrogens with one attached hydrogen (secondary N) is 1. The predicted octanol–water partition coefficient (Wildman–Crippen LogP) is 5.10. The molecule has 3 N–H and O–H groups in total. The van der Waals surface area contributed by atoms with Crippen LogP contribution in [0, 0.1) is 13.8 Å². The number of para-hydroxylation sites is 1. The van der Waals surface area contributed by atoms with E-state index in [0.29, 0.717) is 16.7 Å². The van der Waals surface area contributed by atoms with Gasteiger partial charge in [0.05, 0.1) is 23.2 Å². The summed E-state index contributed by atoms with van der Waals surface area (Å²) in [7, 11) is 0. The molecule has 7 nitrogen and oxygen atoms in total. The van der Waals surface area contributed by atoms with Crippen LogP contribution < -0.4 is 16.7 Å². The largest absolute Gasteiger partial charge is 0.461 e. The standard InChI is InChI=1S/C28H22N2O5/c1-15-19-12-21-24(34-16(2)26(21)17-8-4-3-5-9-17)14-23(19)35-28(33)20(15)13-25(31)30-22-11-7-6-10-18(22)27(29)32/h3-12,14H,13H2,1-2H3,(H2,29,32)(H,30,31). The SMILES string of the molecule is Cc1oc2cc3oc(=O)c(CC(=O)Nc4ccccc4C(N)=O)c(C)c3cc2c1-c1ccccc1. The van der Waals surface area contributed by atoms with Crippen LogP contribution in [0.5, 0.6) is 0 Å². The molecular weight excluding hydrogens is 444 g/mol. The molecule has 35 heavy (non-hydrogen) atoms. The fourth-order valence-corrected chi connectivity index (χ4v) is 4.43. The molecule has 0 atom stereocenters. The number of rotatable bonds is 5. The molecule has 0 spiro atoms. The average molecular weight is 466 g/mol. The third-order valence-corrected chi connectivity index (χ3v) is 6.14. The van der Waals surface area contributed by atoms with Gasteiger partial charge in [0.2, 0.25) is 5.91 Å². The summed E-state index contributed by atoms with van der Waals surface area (Å²) in [6.45, 7) is 3.69. The first-order valence-electron chi connectivity index (χ1n) is 11.1. The summed E-state index contributed by atoms with van der Waals surface area (Å²) < 4.78 is 11.5. The lowest BCUT2D eigenvalue weighted by Crippen LogP contribution is -2.22. The predicted molar refractivity (Wildman–Crippen MR) is 134 cm³/mol. The maximum absolute atomic E-state index is 12.8. The van der Waals surface area contributed by atoms with E-state index in [-0.39, 0.29) is 23.2 Å². The number of aryl methyl sites for hydroxylation is 2. The number of hydrogen-bond acceptors (Lipinski definition) is 5. The minimum atomic E-state index is -0.657. The van der Waals surface area contributed by atoms with Crippen molar-refractivity contribution in [3.63, 3.8) is 0 Å². The van der Waals surface area contributed by atoms with Crippen LogP contribution in [0.3, 0.4) is 0 Å². The number of carbonyl (C=O) groups is 2. The van der Waals surface area contributed by atoms with E-state index in [1.807, 2.05) is 43.3 Å². The molecule has 2 aromatic heterocycles. The molecule has 0 fully saturated rings. The number of nitrogens with two attached hydrogens (primary N) is 1. The summed E-state index contributed by atoms with van der Waals surface area (Å²) in [5.74, 6) is -0.358. The molecule has 2 heterocycles. The third kappa shape index (κ3) is 3.97. The van der Waals surface area contributed by atoms with Crippen molar-refractivity contribution < 1.29 is 18.4 Å². The van der Waals surface area contributed by atoms with Gasteiger partial charge in [-0.25, -0.2) is 4.79 Å². The smallest absolute Gasteiger partial charge is 0.340 e. The minimum Gasteiger partial charge on any atom is -0.461 e. The number of primary amides is 1. The zero-order valence-corrected chi connectivity index (χ0v) is 19.2. The molecule has 174 valence electrons. The van der Waals surface area contributed by atoms with Crippen molar-refractivity contribution in [3.8, 4) is 11.1 Å². The topological polar surface area (TPSA) is 116 Å². The lowest BCUT2D eigenvalue weighted by Gasteiger charge is -2.11. The first kappa shape index (κ1) is 22.2. The third-order valence-electron chi connectivity index (χ3n) is 6.14. The summed E-state index contributed by atoms with van der Waals surface area (Å²) >= 11 is 0. The number of benzene rings is 3. The van der Waals surface area contributed by atoms with Gasteiger partial charge in [0.15, 0.2) is 0 Å². The molecule has 0 aliphatic rings. The molecule has 0 saturated carbocycles. The Morgan fingerprint density at radius 3 is 2.31 bits per heavy atom. The van der Waals surface area contributed by atoms with Crippen molar-refractivity contribution in [1.82, 2.24) is 0 Å². The molecule has 5 rings (SSSR count). The number of carbonyl (C=O) groups excluding carboxylic acids is 2. The van der Waals surface area contributed by atoms with Gasteiger partial charge < -0.3 is 19.9 Å². The van der Waals surface area contributed by atoms with E-state index in [2.05, 4.69) is 5.32 Å². The van der Waals surface area contributed by atoms with Gasteiger partial charge in [0.1, 0.15) is 16.9 Å². The van der Waals surface area contributed by atoms with Crippen molar-refractivity contribution in [2.75, 3.05) is 5.32 Å². The molecule has 0 aliphatic heterocycles. The second kappa shape index (κ2) is 8.61. The second-order valence-electron chi connectivity index (χ2n) is 8.37. The Morgan fingerprint density at radius 1 is 0.886 bits per heavy atom. The Morgan fingerprint density at radius 2 is 1.57 bits per heavy atom. The molecule has 0 bridgehead atoms. The van der Waals surface area contributed by atoms with Gasteiger partial charge in [0.25, 0.3) is 5.91 Å². The number of fused-ring (bicyclic) bond motifs is 2. The highest BCUT2D eigenvalue weighted by atomic mass is 16.4. The van der Waals surface area contributed by atoms with Crippen molar-refractivity contribution in [3.05, 3.63) is 99.6 Å². The van der Waals surface area contributed by atoms with E-state index in [1.54, 1.807) is 31.2 Å². The quantitative estimate of drug-likeness (QED) is 0.350. The Labute approximate surface area is 200 Å². The Balaban J connectivity index is 1.57. The van der Waals surface area contributed by atoms with E-state index >= 15 is 0 Å². The van der Waals surface area contributed by atoms with Crippen LogP contribution in [0.15, 0.2) is 80.4 Å². The lowest BCUT2D eigenvalue weighted by atomic mass is 9.98. The number of amides is 2. The highest BCUT2D eigenvalue weighted by Crippen LogP contribution is 2.37. The van der Waals surface area contributed by atoms with Gasteiger partial charge >= 0.3 is 5.63 Å². The summed E-state index contributed by atoms with van der Waals surface area (Å²) in [5, 5.41) is 4.28. The zero-order valence-electron chi connectivity index (χ0n) is 19.2. The van der Waals surface area contributed by atoms with E-state index in [1.165, 1.54) is 6.07 Å². The molecule has 3 aromatic carbocycles. The van der Waals surface area contributed by atoms with E-state index in [0.717, 1.165) is 27.7 Å². The van der Waals surface area contributed by atoms with Gasteiger partial charge in [-0.2, -0.15) is 0 Å². The fraction of sp³-hybridized carbons (Fsp3) is 0.107. The lowest BCUT2D eigenvalue weighted by molar-refractivity contribution is -0.115. The number of furan rings is 1. The van der Waals surface area contributed by atoms with E-state index in [9.17, 15) is 14.4 Å². The Bertz CT molecular complexity index is 1680. The second-order valence-corrected chi connectivity index (χ2v) is 8.37. The van der Waals surface area contributed by atoms with Crippen LogP contribution in [0.1, 0.15) is 27.2 Å². The summed E-state index contributed by atoms with van der Waals surface area (Å²) in [6.07, 6.45) is -0.217. The molecular formula is C28H22N2O5. The first-order valence-corrected chi connectivity index (χ1v) is 11.1. The zero-order chi connectivity index (χ0) is 24.7. The molecule has 7 heteroatoms. The Kier molecular flexibility index (Phi) is 5.45. The van der Waals surface area contributed by atoms with Crippen LogP contribution in [0.4, 0.5) is 5.69 Å². The monoisotopic (exact) mass is 466 g/mol. The Hall–Kier alpha value is -4.65. The molecule has 0 unspecified atom stereocenters. The van der Waals surface area contributed by atoms with Crippen LogP contribution in [-0.2, 0) is 11.2 Å². The molecule has 0 radical (unpaired) electrons. The summed E-state index contributed by atoms with van der Waals surface area (Å²) in [6, 6.07) is 20.0. The van der Waals surface area contributed by atoms with Crippen LogP contribution in [0.2, 0.25) is 0 Å².